The van der Waals surface area contributed by atoms with E-state index in [1.807, 2.05) is 0 Å². The van der Waals surface area contributed by atoms with Gasteiger partial charge in [-0.15, -0.1) is 0 Å². The van der Waals surface area contributed by atoms with Gasteiger partial charge in [0.05, 0.1) is 20.1 Å². The van der Waals surface area contributed by atoms with Crippen LogP contribution in [0.5, 0.6) is 5.75 Å². The van der Waals surface area contributed by atoms with Crippen molar-refractivity contribution < 1.29 is 14.8 Å². The number of carbonyl (C=O) groups is 1. The predicted molar refractivity (Wildman–Crippen MR) is 91.7 cm³/mol. The number of nitro groups is 1. The zero-order chi connectivity index (χ0) is 17.0. The maximum Gasteiger partial charge on any atom is 0.282 e. The number of aromatic hydroxyl groups is 1. The van der Waals surface area contributed by atoms with E-state index in [0.29, 0.717) is 14.5 Å². The number of benzene rings is 2. The van der Waals surface area contributed by atoms with Crippen LogP contribution in [0.15, 0.2) is 50.4 Å². The Kier molecular flexibility index (Phi) is 5.45. The van der Waals surface area contributed by atoms with Gasteiger partial charge in [-0.1, -0.05) is 12.1 Å². The monoisotopic (exact) mass is 441 g/mol. The first kappa shape index (κ1) is 17.1. The Morgan fingerprint density at radius 2 is 1.87 bits per heavy atom. The molecule has 118 valence electrons. The number of hydrogen-bond acceptors (Lipinski definition) is 5. The average molecular weight is 443 g/mol. The number of hydrazone groups is 1. The third-order valence-electron chi connectivity index (χ3n) is 2.76. The summed E-state index contributed by atoms with van der Waals surface area (Å²) in [5, 5.41) is 24.2. The number of nitro benzene ring substituents is 1. The van der Waals surface area contributed by atoms with Crippen molar-refractivity contribution in [2.45, 2.75) is 0 Å². The molecular weight excluding hydrogens is 434 g/mol. The molecule has 0 saturated carbocycles. The fourth-order valence-corrected chi connectivity index (χ4v) is 2.93. The van der Waals surface area contributed by atoms with Gasteiger partial charge >= 0.3 is 0 Å². The van der Waals surface area contributed by atoms with Crippen molar-refractivity contribution in [1.29, 1.82) is 0 Å². The van der Waals surface area contributed by atoms with E-state index >= 15 is 0 Å². The van der Waals surface area contributed by atoms with Crippen LogP contribution in [0.4, 0.5) is 5.69 Å². The predicted octanol–water partition coefficient (Wildman–Crippen LogP) is 3.59. The Morgan fingerprint density at radius 3 is 2.48 bits per heavy atom. The van der Waals surface area contributed by atoms with Gasteiger partial charge in [0.15, 0.2) is 0 Å². The van der Waals surface area contributed by atoms with E-state index in [1.165, 1.54) is 30.5 Å². The largest absolute Gasteiger partial charge is 0.506 e. The van der Waals surface area contributed by atoms with Crippen LogP contribution in [0, 0.1) is 10.1 Å². The quantitative estimate of drug-likeness (QED) is 0.428. The Hall–Kier alpha value is -2.26. The zero-order valence-electron chi connectivity index (χ0n) is 11.4. The number of para-hydroxylation sites is 1. The van der Waals surface area contributed by atoms with Crippen LogP contribution in [0.25, 0.3) is 0 Å². The molecule has 0 atom stereocenters. The van der Waals surface area contributed by atoms with Crippen molar-refractivity contribution in [2.75, 3.05) is 0 Å². The molecule has 0 radical (unpaired) electrons. The minimum atomic E-state index is -0.689. The number of hydrogen-bond donors (Lipinski definition) is 2. The Morgan fingerprint density at radius 1 is 1.26 bits per heavy atom. The summed E-state index contributed by atoms with van der Waals surface area (Å²) in [4.78, 5) is 22.2. The lowest BCUT2D eigenvalue weighted by Gasteiger charge is -2.03. The lowest BCUT2D eigenvalue weighted by Crippen LogP contribution is -2.18. The molecule has 0 unspecified atom stereocenters. The van der Waals surface area contributed by atoms with Crippen molar-refractivity contribution >= 4 is 49.7 Å². The van der Waals surface area contributed by atoms with Crippen molar-refractivity contribution in [3.8, 4) is 5.75 Å². The average Bonchev–Trinajstić information content (AvgIpc) is 2.52. The summed E-state index contributed by atoms with van der Waals surface area (Å²) in [5.41, 5.74) is 2.45. The van der Waals surface area contributed by atoms with Crippen molar-refractivity contribution in [3.05, 3.63) is 66.6 Å². The number of phenols is 1. The minimum absolute atomic E-state index is 0.0473. The fraction of sp³-hybridized carbons (Fsp3) is 0. The zero-order valence-corrected chi connectivity index (χ0v) is 14.5. The van der Waals surface area contributed by atoms with Crippen LogP contribution in [-0.4, -0.2) is 22.2 Å². The first-order valence-corrected chi connectivity index (χ1v) is 7.73. The summed E-state index contributed by atoms with van der Waals surface area (Å²) in [6.07, 6.45) is 1.35. The molecule has 2 N–H and O–H groups in total. The van der Waals surface area contributed by atoms with Crippen LogP contribution in [0.2, 0.25) is 0 Å². The highest BCUT2D eigenvalue weighted by atomic mass is 79.9. The van der Waals surface area contributed by atoms with E-state index < -0.39 is 10.8 Å². The van der Waals surface area contributed by atoms with E-state index in [0.717, 1.165) is 0 Å². The maximum absolute atomic E-state index is 12.0. The summed E-state index contributed by atoms with van der Waals surface area (Å²) in [7, 11) is 0. The topological polar surface area (TPSA) is 105 Å². The Bertz CT molecular complexity index is 785. The fourth-order valence-electron chi connectivity index (χ4n) is 1.71. The standard InChI is InChI=1S/C14H9Br2N3O4/c15-10-5-8(6-11(16)13(10)20)7-17-18-14(21)9-3-1-2-4-12(9)19(22)23/h1-7,20H,(H,18,21)/b17-7+. The Balaban J connectivity index is 2.15. The van der Waals surface area contributed by atoms with Crippen molar-refractivity contribution in [3.63, 3.8) is 0 Å². The summed E-state index contributed by atoms with van der Waals surface area (Å²) in [6.45, 7) is 0. The molecule has 9 heteroatoms. The molecule has 0 bridgehead atoms. The third-order valence-corrected chi connectivity index (χ3v) is 3.97. The molecule has 23 heavy (non-hydrogen) atoms. The number of amides is 1. The van der Waals surface area contributed by atoms with Gasteiger partial charge in [0.1, 0.15) is 11.3 Å². The lowest BCUT2D eigenvalue weighted by atomic mass is 10.2. The summed E-state index contributed by atoms with van der Waals surface area (Å²) < 4.78 is 0.914. The molecule has 0 spiro atoms. The first-order valence-electron chi connectivity index (χ1n) is 6.15. The van der Waals surface area contributed by atoms with Crippen LogP contribution in [0.3, 0.4) is 0 Å². The number of halogens is 2. The van der Waals surface area contributed by atoms with Gasteiger partial charge in [0.2, 0.25) is 0 Å². The van der Waals surface area contributed by atoms with E-state index in [4.69, 9.17) is 0 Å². The molecule has 1 amide bonds. The summed E-state index contributed by atoms with van der Waals surface area (Å²) in [6, 6.07) is 8.79. The highest BCUT2D eigenvalue weighted by Crippen LogP contribution is 2.32. The van der Waals surface area contributed by atoms with E-state index in [-0.39, 0.29) is 17.0 Å². The smallest absolute Gasteiger partial charge is 0.282 e. The number of nitrogens with one attached hydrogen (secondary N) is 1. The van der Waals surface area contributed by atoms with E-state index in [2.05, 4.69) is 42.4 Å². The summed E-state index contributed by atoms with van der Waals surface area (Å²) in [5.74, 6) is -0.642. The second-order valence-electron chi connectivity index (χ2n) is 4.31. The molecule has 2 aromatic rings. The molecule has 2 rings (SSSR count). The van der Waals surface area contributed by atoms with Crippen LogP contribution in [-0.2, 0) is 0 Å². The molecule has 0 fully saturated rings. The van der Waals surface area contributed by atoms with Gasteiger partial charge in [-0.2, -0.15) is 5.10 Å². The lowest BCUT2D eigenvalue weighted by molar-refractivity contribution is -0.385. The molecule has 7 nitrogen and oxygen atoms in total. The minimum Gasteiger partial charge on any atom is -0.506 e. The Labute approximate surface area is 147 Å². The first-order chi connectivity index (χ1) is 10.9. The molecule has 0 aliphatic heterocycles. The second-order valence-corrected chi connectivity index (χ2v) is 6.02. The van der Waals surface area contributed by atoms with Crippen molar-refractivity contribution in [1.82, 2.24) is 5.43 Å². The molecule has 0 aliphatic rings. The molecule has 0 aromatic heterocycles. The van der Waals surface area contributed by atoms with Crippen LogP contribution < -0.4 is 5.43 Å². The number of phenolic OH excluding ortho intramolecular Hbond substituents is 1. The summed E-state index contributed by atoms with van der Waals surface area (Å²) >= 11 is 6.35. The highest BCUT2D eigenvalue weighted by molar-refractivity contribution is 9.11. The molecule has 0 heterocycles. The van der Waals surface area contributed by atoms with E-state index in [1.54, 1.807) is 12.1 Å². The van der Waals surface area contributed by atoms with Gasteiger partial charge in [-0.3, -0.25) is 14.9 Å². The van der Waals surface area contributed by atoms with Crippen LogP contribution in [0.1, 0.15) is 15.9 Å². The number of rotatable bonds is 4. The second kappa shape index (κ2) is 7.34. The number of carbonyl (C=O) groups excluding carboxylic acids is 1. The van der Waals surface area contributed by atoms with Crippen LogP contribution >= 0.6 is 31.9 Å². The SMILES string of the molecule is O=C(N/N=C/c1cc(Br)c(O)c(Br)c1)c1ccccc1[N+](=O)[O-]. The van der Waals surface area contributed by atoms with Gasteiger partial charge in [-0.05, 0) is 55.6 Å². The normalized spacial score (nSPS) is 10.7. The van der Waals surface area contributed by atoms with Gasteiger partial charge < -0.3 is 5.11 Å². The third kappa shape index (κ3) is 4.14. The molecule has 0 aliphatic carbocycles. The maximum atomic E-state index is 12.0. The molecular formula is C14H9Br2N3O4. The van der Waals surface area contributed by atoms with Gasteiger partial charge in [0, 0.05) is 6.07 Å². The highest BCUT2D eigenvalue weighted by Gasteiger charge is 2.18. The molecule has 0 saturated heterocycles. The van der Waals surface area contributed by atoms with Crippen molar-refractivity contribution in [2.24, 2.45) is 5.10 Å². The van der Waals surface area contributed by atoms with Gasteiger partial charge in [0.25, 0.3) is 11.6 Å². The van der Waals surface area contributed by atoms with E-state index in [9.17, 15) is 20.0 Å². The molecule has 2 aromatic carbocycles. The number of nitrogens with zero attached hydrogens (tertiary/aromatic N) is 2. The van der Waals surface area contributed by atoms with Gasteiger partial charge in [-0.25, -0.2) is 5.43 Å².